The number of aryl methyl sites for hydroxylation is 1. The van der Waals surface area contributed by atoms with Crippen LogP contribution in [-0.2, 0) is 4.74 Å². The minimum atomic E-state index is -0.512. The molecule has 3 heteroatoms. The molecule has 0 radical (unpaired) electrons. The number of hydrogen-bond acceptors (Lipinski definition) is 3. The lowest BCUT2D eigenvalue weighted by Gasteiger charge is -2.36. The Labute approximate surface area is 102 Å². The number of aliphatic hydroxyl groups excluding tert-OH is 1. The van der Waals surface area contributed by atoms with Crippen molar-refractivity contribution < 1.29 is 9.84 Å². The molecule has 92 valence electrons. The minimum absolute atomic E-state index is 0.426. The Morgan fingerprint density at radius 3 is 2.38 bits per heavy atom. The van der Waals surface area contributed by atoms with Crippen LogP contribution >= 0.6 is 11.3 Å². The van der Waals surface area contributed by atoms with Gasteiger partial charge in [-0.2, -0.15) is 0 Å². The molecule has 0 aliphatic rings. The molecule has 0 saturated carbocycles. The third-order valence-electron chi connectivity index (χ3n) is 3.28. The molecular formula is C13H22O2S. The van der Waals surface area contributed by atoms with Crippen LogP contribution in [0.4, 0.5) is 0 Å². The lowest BCUT2D eigenvalue weighted by atomic mass is 9.88. The van der Waals surface area contributed by atoms with Crippen molar-refractivity contribution in [1.82, 2.24) is 0 Å². The Morgan fingerprint density at radius 1 is 1.38 bits per heavy atom. The van der Waals surface area contributed by atoms with E-state index in [2.05, 4.69) is 13.8 Å². The van der Waals surface area contributed by atoms with E-state index in [1.54, 1.807) is 11.3 Å². The predicted molar refractivity (Wildman–Crippen MR) is 69.0 cm³/mol. The third-order valence-corrected chi connectivity index (χ3v) is 4.35. The van der Waals surface area contributed by atoms with Gasteiger partial charge in [0.05, 0.1) is 5.60 Å². The van der Waals surface area contributed by atoms with E-state index in [-0.39, 0.29) is 0 Å². The SMILES string of the molecule is CCOC(CC)(CC)C(O)c1sccc1C. The van der Waals surface area contributed by atoms with E-state index in [0.717, 1.165) is 23.3 Å². The smallest absolute Gasteiger partial charge is 0.117 e. The standard InChI is InChI=1S/C13H22O2S/c1-5-13(6-2,15-7-3)12(14)11-10(4)8-9-16-11/h8-9,12,14H,5-7H2,1-4H3. The van der Waals surface area contributed by atoms with Crippen LogP contribution < -0.4 is 0 Å². The molecule has 0 bridgehead atoms. The van der Waals surface area contributed by atoms with Gasteiger partial charge < -0.3 is 9.84 Å². The summed E-state index contributed by atoms with van der Waals surface area (Å²) in [4.78, 5) is 1.04. The van der Waals surface area contributed by atoms with E-state index < -0.39 is 11.7 Å². The van der Waals surface area contributed by atoms with Crippen LogP contribution in [0.15, 0.2) is 11.4 Å². The fourth-order valence-corrected chi connectivity index (χ4v) is 3.13. The lowest BCUT2D eigenvalue weighted by molar-refractivity contribution is -0.126. The monoisotopic (exact) mass is 242 g/mol. The molecule has 0 fully saturated rings. The Bertz CT molecular complexity index is 315. The van der Waals surface area contributed by atoms with Crippen molar-refractivity contribution in [2.75, 3.05) is 6.61 Å². The van der Waals surface area contributed by atoms with Gasteiger partial charge in [0, 0.05) is 11.5 Å². The highest BCUT2D eigenvalue weighted by molar-refractivity contribution is 7.10. The Balaban J connectivity index is 2.99. The van der Waals surface area contributed by atoms with Crippen molar-refractivity contribution in [3.8, 4) is 0 Å². The van der Waals surface area contributed by atoms with Crippen LogP contribution in [0, 0.1) is 6.92 Å². The van der Waals surface area contributed by atoms with Crippen molar-refractivity contribution in [3.05, 3.63) is 21.9 Å². The molecule has 0 aromatic carbocycles. The highest BCUT2D eigenvalue weighted by Gasteiger charge is 2.37. The van der Waals surface area contributed by atoms with Gasteiger partial charge in [-0.15, -0.1) is 11.3 Å². The van der Waals surface area contributed by atoms with Gasteiger partial charge in [-0.3, -0.25) is 0 Å². The molecule has 0 saturated heterocycles. The van der Waals surface area contributed by atoms with Crippen LogP contribution in [0.3, 0.4) is 0 Å². The van der Waals surface area contributed by atoms with Crippen molar-refractivity contribution >= 4 is 11.3 Å². The fourth-order valence-electron chi connectivity index (χ4n) is 2.11. The zero-order valence-electron chi connectivity index (χ0n) is 10.6. The van der Waals surface area contributed by atoms with Crippen LogP contribution in [0.1, 0.15) is 50.2 Å². The summed E-state index contributed by atoms with van der Waals surface area (Å²) in [6, 6.07) is 2.05. The van der Waals surface area contributed by atoms with E-state index in [1.807, 2.05) is 25.3 Å². The van der Waals surface area contributed by atoms with Gasteiger partial charge in [0.1, 0.15) is 6.10 Å². The second-order valence-electron chi connectivity index (χ2n) is 4.08. The topological polar surface area (TPSA) is 29.5 Å². The normalized spacial score (nSPS) is 14.1. The third kappa shape index (κ3) is 2.47. The van der Waals surface area contributed by atoms with E-state index in [0.29, 0.717) is 6.61 Å². The molecule has 1 aromatic rings. The van der Waals surface area contributed by atoms with Gasteiger partial charge in [0.15, 0.2) is 0 Å². The van der Waals surface area contributed by atoms with Crippen LogP contribution in [0.5, 0.6) is 0 Å². The van der Waals surface area contributed by atoms with Crippen molar-refractivity contribution in [3.63, 3.8) is 0 Å². The molecular weight excluding hydrogens is 220 g/mol. The second kappa shape index (κ2) is 5.80. The maximum atomic E-state index is 10.5. The first kappa shape index (κ1) is 13.7. The van der Waals surface area contributed by atoms with Crippen molar-refractivity contribution in [2.24, 2.45) is 0 Å². The van der Waals surface area contributed by atoms with Gasteiger partial charge in [-0.1, -0.05) is 13.8 Å². The van der Waals surface area contributed by atoms with E-state index in [9.17, 15) is 5.11 Å². The Kier molecular flexibility index (Phi) is 4.96. The molecule has 1 atom stereocenters. The molecule has 2 nitrogen and oxygen atoms in total. The highest BCUT2D eigenvalue weighted by Crippen LogP contribution is 2.38. The summed E-state index contributed by atoms with van der Waals surface area (Å²) in [6.45, 7) is 8.81. The van der Waals surface area contributed by atoms with Gasteiger partial charge in [-0.05, 0) is 43.7 Å². The van der Waals surface area contributed by atoms with Crippen LogP contribution in [0.25, 0.3) is 0 Å². The fraction of sp³-hybridized carbons (Fsp3) is 0.692. The number of hydrogen-bond donors (Lipinski definition) is 1. The van der Waals surface area contributed by atoms with E-state index in [1.165, 1.54) is 0 Å². The number of ether oxygens (including phenoxy) is 1. The van der Waals surface area contributed by atoms with Crippen LogP contribution in [0.2, 0.25) is 0 Å². The summed E-state index contributed by atoms with van der Waals surface area (Å²) >= 11 is 1.61. The molecule has 1 aromatic heterocycles. The summed E-state index contributed by atoms with van der Waals surface area (Å²) in [6.07, 6.45) is 1.15. The first-order valence-corrected chi connectivity index (χ1v) is 6.85. The molecule has 1 heterocycles. The summed E-state index contributed by atoms with van der Waals surface area (Å²) in [5.74, 6) is 0. The molecule has 0 amide bonds. The molecule has 0 spiro atoms. The summed E-state index contributed by atoms with van der Waals surface area (Å²) in [5, 5.41) is 12.5. The second-order valence-corrected chi connectivity index (χ2v) is 5.02. The lowest BCUT2D eigenvalue weighted by Crippen LogP contribution is -2.38. The Morgan fingerprint density at radius 2 is 2.00 bits per heavy atom. The largest absolute Gasteiger partial charge is 0.385 e. The van der Waals surface area contributed by atoms with Gasteiger partial charge in [0.25, 0.3) is 0 Å². The summed E-state index contributed by atoms with van der Waals surface area (Å²) < 4.78 is 5.83. The maximum Gasteiger partial charge on any atom is 0.117 e. The zero-order chi connectivity index (χ0) is 12.2. The quantitative estimate of drug-likeness (QED) is 0.824. The van der Waals surface area contributed by atoms with E-state index >= 15 is 0 Å². The van der Waals surface area contributed by atoms with E-state index in [4.69, 9.17) is 4.74 Å². The average molecular weight is 242 g/mol. The molecule has 1 rings (SSSR count). The van der Waals surface area contributed by atoms with Crippen molar-refractivity contribution in [1.29, 1.82) is 0 Å². The molecule has 16 heavy (non-hydrogen) atoms. The first-order chi connectivity index (χ1) is 7.61. The highest BCUT2D eigenvalue weighted by atomic mass is 32.1. The predicted octanol–water partition coefficient (Wildman–Crippen LogP) is 3.69. The Hall–Kier alpha value is -0.380. The van der Waals surface area contributed by atoms with Crippen LogP contribution in [-0.4, -0.2) is 17.3 Å². The maximum absolute atomic E-state index is 10.5. The zero-order valence-corrected chi connectivity index (χ0v) is 11.4. The van der Waals surface area contributed by atoms with Gasteiger partial charge in [0.2, 0.25) is 0 Å². The van der Waals surface area contributed by atoms with Crippen molar-refractivity contribution in [2.45, 2.75) is 52.2 Å². The molecule has 1 unspecified atom stereocenters. The van der Waals surface area contributed by atoms with Gasteiger partial charge in [-0.25, -0.2) is 0 Å². The summed E-state index contributed by atoms with van der Waals surface area (Å²) in [5.41, 5.74) is 0.730. The van der Waals surface area contributed by atoms with Gasteiger partial charge >= 0.3 is 0 Å². The number of thiophene rings is 1. The minimum Gasteiger partial charge on any atom is -0.385 e. The number of rotatable bonds is 6. The first-order valence-electron chi connectivity index (χ1n) is 5.97. The molecule has 1 N–H and O–H groups in total. The molecule has 0 aliphatic carbocycles. The average Bonchev–Trinajstić information content (AvgIpc) is 2.71. The number of aliphatic hydroxyl groups is 1. The molecule has 0 aliphatic heterocycles. The summed E-state index contributed by atoms with van der Waals surface area (Å²) in [7, 11) is 0.